The van der Waals surface area contributed by atoms with E-state index in [-0.39, 0.29) is 31.2 Å². The summed E-state index contributed by atoms with van der Waals surface area (Å²) in [6.45, 7) is 12.0. The summed E-state index contributed by atoms with van der Waals surface area (Å²) < 4.78 is 23.1. The molecule has 24 nitrogen and oxygen atoms in total. The first-order valence-corrected chi connectivity index (χ1v) is 26.6. The lowest BCUT2D eigenvalue weighted by atomic mass is 9.89. The molecule has 2 saturated heterocycles. The van der Waals surface area contributed by atoms with E-state index in [0.29, 0.717) is 25.8 Å². The maximum atomic E-state index is 14.8. The Bertz CT molecular complexity index is 2020. The SMILES string of the molecule is CC[C@H](C)[C@@H]([C@@H](CC(=O)N1CCC[C@H]1[C@H](OC)[C@@H](C)C(=O)N[C@@H](Cc1ccccc1)C(=O)O)OC)N(C)C(=O)[C@@H](NC(=O)[C@H](C(C)C)N(C)C[C@@H](NC(C)=O)[C@H](O)[C@H](O[C@@H]1O[C@H](CO)[C@H](O)[C@H](O)[C@H]1O)[C@H](O)CO)C(C)C. The lowest BCUT2D eigenvalue weighted by Gasteiger charge is -2.43. The maximum Gasteiger partial charge on any atom is 0.326 e. The van der Waals surface area contributed by atoms with Crippen LogP contribution in [0.1, 0.15) is 86.6 Å². The third kappa shape index (κ3) is 17.8. The standard InChI is InChI=1S/C53H90N6O18/c1-13-29(6)42(37(74-11)23-39(64)59-21-17-20-35(59)47(75-12)30(7)49(69)55-33(52(72)73)22-32-18-15-14-16-19-32)58(10)51(71)40(27(2)3)56-50(70)41(28(4)5)57(9)24-34(54-31(8)62)43(65)48(36(63)25-60)77-53-46(68)45(67)44(66)38(26-61)76-53/h14-16,18-19,27-30,33-38,40-48,53,60-61,63,65-68H,13,17,20-26H2,1-12H3,(H,54,62)(H,55,69)(H,56,70)(H,72,73)/t29-,30+,33-,34+,35-,36+,37+,38+,40-,41-,42-,43-,44-,45-,46+,47+,48+,53-/m0/s1. The van der Waals surface area contributed by atoms with Crippen molar-refractivity contribution >= 4 is 35.5 Å². The van der Waals surface area contributed by atoms with Gasteiger partial charge in [-0.3, -0.25) is 28.9 Å². The summed E-state index contributed by atoms with van der Waals surface area (Å²) in [4.78, 5) is 86.9. The summed E-state index contributed by atoms with van der Waals surface area (Å²) in [5.41, 5.74) is 0.735. The number of hydrogen-bond acceptors (Lipinski definition) is 18. The van der Waals surface area contributed by atoms with Crippen LogP contribution in [-0.4, -0.2) is 243 Å². The second-order valence-electron chi connectivity index (χ2n) is 21.4. The van der Waals surface area contributed by atoms with Gasteiger partial charge in [-0.25, -0.2) is 4.79 Å². The smallest absolute Gasteiger partial charge is 0.326 e. The molecule has 1 aromatic carbocycles. The largest absolute Gasteiger partial charge is 0.480 e. The second kappa shape index (κ2) is 31.4. The van der Waals surface area contributed by atoms with Gasteiger partial charge in [0.15, 0.2) is 6.29 Å². The molecule has 2 fully saturated rings. The van der Waals surface area contributed by atoms with Crippen LogP contribution in [0.2, 0.25) is 0 Å². The van der Waals surface area contributed by atoms with Crippen LogP contribution in [0.4, 0.5) is 0 Å². The number of aliphatic carboxylic acids is 1. The molecule has 24 heteroatoms. The van der Waals surface area contributed by atoms with Gasteiger partial charge in [0.2, 0.25) is 29.5 Å². The second-order valence-corrected chi connectivity index (χ2v) is 21.4. The summed E-state index contributed by atoms with van der Waals surface area (Å²) >= 11 is 0. The monoisotopic (exact) mass is 1100 g/mol. The minimum atomic E-state index is -1.94. The van der Waals surface area contributed by atoms with Gasteiger partial charge in [-0.15, -0.1) is 0 Å². The molecule has 5 amide bonds. The van der Waals surface area contributed by atoms with E-state index in [1.165, 1.54) is 31.1 Å². The Hall–Kier alpha value is -4.44. The molecule has 3 rings (SSSR count). The number of ether oxygens (including phenoxy) is 4. The number of methoxy groups -OCH3 is 2. The van der Waals surface area contributed by atoms with E-state index >= 15 is 0 Å². The van der Waals surface area contributed by atoms with Crippen molar-refractivity contribution in [1.29, 1.82) is 0 Å². The predicted molar refractivity (Wildman–Crippen MR) is 279 cm³/mol. The highest BCUT2D eigenvalue weighted by Gasteiger charge is 2.48. The van der Waals surface area contributed by atoms with E-state index in [1.807, 2.05) is 19.9 Å². The highest BCUT2D eigenvalue weighted by atomic mass is 16.7. The van der Waals surface area contributed by atoms with Crippen molar-refractivity contribution in [2.24, 2.45) is 23.7 Å². The molecule has 11 N–H and O–H groups in total. The topological polar surface area (TPSA) is 347 Å². The number of nitrogens with one attached hydrogen (secondary N) is 3. The minimum Gasteiger partial charge on any atom is -0.480 e. The number of benzene rings is 1. The summed E-state index contributed by atoms with van der Waals surface area (Å²) in [6, 6.07) is 3.04. The molecule has 1 aromatic rings. The number of carboxylic acids is 1. The van der Waals surface area contributed by atoms with E-state index in [0.717, 1.165) is 12.5 Å². The van der Waals surface area contributed by atoms with Gasteiger partial charge in [0.1, 0.15) is 54.8 Å². The molecule has 0 radical (unpaired) electrons. The maximum absolute atomic E-state index is 14.8. The number of rotatable bonds is 31. The van der Waals surface area contributed by atoms with Crippen molar-refractivity contribution < 1.29 is 88.6 Å². The van der Waals surface area contributed by atoms with Crippen molar-refractivity contribution in [3.8, 4) is 0 Å². The highest BCUT2D eigenvalue weighted by molar-refractivity contribution is 5.90. The lowest BCUT2D eigenvalue weighted by molar-refractivity contribution is -0.325. The van der Waals surface area contributed by atoms with Crippen molar-refractivity contribution in [3.63, 3.8) is 0 Å². The fraction of sp³-hybridized carbons (Fsp3) is 0.774. The molecule has 18 atom stereocenters. The number of carbonyl (C=O) groups is 6. The quantitative estimate of drug-likeness (QED) is 0.0392. The van der Waals surface area contributed by atoms with Gasteiger partial charge in [0.05, 0.1) is 61.9 Å². The molecule has 0 spiro atoms. The van der Waals surface area contributed by atoms with Crippen LogP contribution in [-0.2, 0) is 54.1 Å². The van der Waals surface area contributed by atoms with E-state index in [9.17, 15) is 69.6 Å². The van der Waals surface area contributed by atoms with Crippen LogP contribution < -0.4 is 16.0 Å². The van der Waals surface area contributed by atoms with Crippen LogP contribution in [0.25, 0.3) is 0 Å². The molecule has 440 valence electrons. The van der Waals surface area contributed by atoms with Gasteiger partial charge in [-0.2, -0.15) is 0 Å². The molecule has 2 aliphatic rings. The average molecular weight is 1100 g/mol. The Kier molecular flexibility index (Phi) is 27.2. The Morgan fingerprint density at radius 1 is 0.857 bits per heavy atom. The fourth-order valence-corrected chi connectivity index (χ4v) is 10.6. The Balaban J connectivity index is 1.84. The number of likely N-dealkylation sites (N-methyl/N-ethyl adjacent to an activating group) is 2. The molecule has 0 aromatic heterocycles. The van der Waals surface area contributed by atoms with Gasteiger partial charge in [-0.05, 0) is 43.2 Å². The van der Waals surface area contributed by atoms with Crippen LogP contribution in [0.3, 0.4) is 0 Å². The summed E-state index contributed by atoms with van der Waals surface area (Å²) in [7, 11) is 6.03. The van der Waals surface area contributed by atoms with E-state index < -0.39 is 158 Å². The van der Waals surface area contributed by atoms with Crippen molar-refractivity contribution in [1.82, 2.24) is 30.7 Å². The number of likely N-dealkylation sites (tertiary alicyclic amines) is 1. The van der Waals surface area contributed by atoms with E-state index in [2.05, 4.69) is 16.0 Å². The third-order valence-corrected chi connectivity index (χ3v) is 15.1. The molecule has 2 aliphatic heterocycles. The van der Waals surface area contributed by atoms with Gasteiger partial charge in [-0.1, -0.05) is 85.2 Å². The molecule has 77 heavy (non-hydrogen) atoms. The number of aliphatic hydroxyl groups excluding tert-OH is 7. The zero-order valence-electron chi connectivity index (χ0n) is 46.8. The molecule has 0 saturated carbocycles. The summed E-state index contributed by atoms with van der Waals surface area (Å²) in [5.74, 6) is -5.73. The molecule has 0 bridgehead atoms. The first-order chi connectivity index (χ1) is 36.2. The van der Waals surface area contributed by atoms with E-state index in [1.54, 1.807) is 70.8 Å². The first kappa shape index (κ1) is 66.8. The van der Waals surface area contributed by atoms with Gasteiger partial charge in [0.25, 0.3) is 0 Å². The zero-order chi connectivity index (χ0) is 58.2. The summed E-state index contributed by atoms with van der Waals surface area (Å²) in [5, 5.41) is 91.7. The van der Waals surface area contributed by atoms with Gasteiger partial charge in [0, 0.05) is 47.7 Å². The predicted octanol–water partition coefficient (Wildman–Crippen LogP) is -1.78. The van der Waals surface area contributed by atoms with Crippen molar-refractivity contribution in [2.45, 2.75) is 185 Å². The highest BCUT2D eigenvalue weighted by Crippen LogP contribution is 2.31. The number of nitrogens with zero attached hydrogens (tertiary/aromatic N) is 3. The van der Waals surface area contributed by atoms with Crippen LogP contribution >= 0.6 is 0 Å². The normalized spacial score (nSPS) is 24.6. The third-order valence-electron chi connectivity index (χ3n) is 15.1. The molecular weight excluding hydrogens is 1010 g/mol. The minimum absolute atomic E-state index is 0.0704. The van der Waals surface area contributed by atoms with Crippen molar-refractivity contribution in [3.05, 3.63) is 35.9 Å². The first-order valence-electron chi connectivity index (χ1n) is 26.6. The Morgan fingerprint density at radius 2 is 1.49 bits per heavy atom. The van der Waals surface area contributed by atoms with Crippen LogP contribution in [0, 0.1) is 23.7 Å². The molecule has 0 unspecified atom stereocenters. The zero-order valence-corrected chi connectivity index (χ0v) is 46.8. The number of carboxylic acid groups (broad SMARTS) is 1. The lowest BCUT2D eigenvalue weighted by Crippen LogP contribution is -2.64. The summed E-state index contributed by atoms with van der Waals surface area (Å²) in [6.07, 6.45) is -14.4. The van der Waals surface area contributed by atoms with Crippen LogP contribution in [0.15, 0.2) is 30.3 Å². The number of hydrogen-bond donors (Lipinski definition) is 11. The number of aliphatic hydroxyl groups is 7. The number of amides is 5. The van der Waals surface area contributed by atoms with Crippen molar-refractivity contribution in [2.75, 3.05) is 54.6 Å². The average Bonchev–Trinajstić information content (AvgIpc) is 3.87. The Morgan fingerprint density at radius 3 is 2.01 bits per heavy atom. The van der Waals surface area contributed by atoms with Gasteiger partial charge < -0.3 is 85.5 Å². The molecular formula is C53H90N6O18. The fourth-order valence-electron chi connectivity index (χ4n) is 10.6. The Labute approximate surface area is 452 Å². The van der Waals surface area contributed by atoms with Gasteiger partial charge >= 0.3 is 5.97 Å². The number of carbonyl (C=O) groups excluding carboxylic acids is 5. The van der Waals surface area contributed by atoms with E-state index in [4.69, 9.17) is 18.9 Å². The molecule has 2 heterocycles. The molecule has 0 aliphatic carbocycles. The van der Waals surface area contributed by atoms with Crippen LogP contribution in [0.5, 0.6) is 0 Å².